The Morgan fingerprint density at radius 1 is 1.22 bits per heavy atom. The number of rotatable bonds is 2. The molecule has 2 rings (SSSR count). The quantitative estimate of drug-likeness (QED) is 0.762. The number of benzene rings is 1. The maximum absolute atomic E-state index is 13.0. The normalized spacial score (nSPS) is 18.1. The predicted molar refractivity (Wildman–Crippen MR) is 94.2 cm³/mol. The zero-order valence-electron chi connectivity index (χ0n) is 15.5. The van der Waals surface area contributed by atoms with Gasteiger partial charge in [-0.05, 0) is 51.8 Å². The lowest BCUT2D eigenvalue weighted by Gasteiger charge is -2.33. The molecule has 1 fully saturated rings. The zero-order chi connectivity index (χ0) is 20.4. The monoisotopic (exact) mass is 387 g/mol. The summed E-state index contributed by atoms with van der Waals surface area (Å²) in [5.41, 5.74) is 3.66. The number of hydrogen-bond donors (Lipinski definition) is 2. The molecule has 0 unspecified atom stereocenters. The summed E-state index contributed by atoms with van der Waals surface area (Å²) < 4.78 is 44.1. The Balaban J connectivity index is 2.09. The maximum Gasteiger partial charge on any atom is 0.416 e. The largest absolute Gasteiger partial charge is 0.444 e. The molecule has 0 aromatic heterocycles. The van der Waals surface area contributed by atoms with E-state index in [9.17, 15) is 22.8 Å². The van der Waals surface area contributed by atoms with Crippen LogP contribution >= 0.6 is 0 Å². The highest BCUT2D eigenvalue weighted by Gasteiger charge is 2.33. The van der Waals surface area contributed by atoms with E-state index in [0.717, 1.165) is 12.1 Å². The number of piperidine rings is 1. The highest BCUT2D eigenvalue weighted by atomic mass is 19.4. The number of nitrogens with one attached hydrogen (secondary N) is 1. The van der Waals surface area contributed by atoms with Gasteiger partial charge >= 0.3 is 12.3 Å². The van der Waals surface area contributed by atoms with Gasteiger partial charge in [0.2, 0.25) is 0 Å². The molecule has 1 aliphatic rings. The van der Waals surface area contributed by atoms with Gasteiger partial charge < -0.3 is 20.7 Å². The molecule has 1 saturated heterocycles. The number of nitrogen functional groups attached to an aromatic ring is 1. The Morgan fingerprint density at radius 3 is 2.48 bits per heavy atom. The van der Waals surface area contributed by atoms with E-state index in [4.69, 9.17) is 10.5 Å². The van der Waals surface area contributed by atoms with Gasteiger partial charge in [-0.1, -0.05) is 0 Å². The molecule has 9 heteroatoms. The predicted octanol–water partition coefficient (Wildman–Crippen LogP) is 3.42. The number of nitrogens with two attached hydrogens (primary N) is 1. The fraction of sp³-hybridized carbons (Fsp3) is 0.556. The molecular weight excluding hydrogens is 363 g/mol. The summed E-state index contributed by atoms with van der Waals surface area (Å²) in [7, 11) is 0. The van der Waals surface area contributed by atoms with Gasteiger partial charge in [-0.15, -0.1) is 0 Å². The molecule has 27 heavy (non-hydrogen) atoms. The summed E-state index contributed by atoms with van der Waals surface area (Å²) in [6.07, 6.45) is -3.92. The van der Waals surface area contributed by atoms with Crippen molar-refractivity contribution in [3.8, 4) is 0 Å². The van der Waals surface area contributed by atoms with Crippen molar-refractivity contribution in [2.24, 2.45) is 0 Å². The summed E-state index contributed by atoms with van der Waals surface area (Å²) >= 11 is 0. The second kappa shape index (κ2) is 7.66. The third-order valence-electron chi connectivity index (χ3n) is 3.96. The lowest BCUT2D eigenvalue weighted by Crippen LogP contribution is -2.50. The molecule has 150 valence electrons. The lowest BCUT2D eigenvalue weighted by molar-refractivity contribution is -0.137. The van der Waals surface area contributed by atoms with Gasteiger partial charge in [-0.2, -0.15) is 13.2 Å². The van der Waals surface area contributed by atoms with E-state index < -0.39 is 29.3 Å². The second-order valence-electron chi connectivity index (χ2n) is 7.58. The first-order valence-electron chi connectivity index (χ1n) is 8.62. The van der Waals surface area contributed by atoms with E-state index in [2.05, 4.69) is 5.32 Å². The van der Waals surface area contributed by atoms with Crippen LogP contribution in [0.15, 0.2) is 18.2 Å². The molecule has 0 aliphatic carbocycles. The van der Waals surface area contributed by atoms with E-state index >= 15 is 0 Å². The van der Waals surface area contributed by atoms with Crippen LogP contribution in [-0.2, 0) is 10.9 Å². The number of nitrogens with zero attached hydrogens (tertiary/aromatic N) is 1. The van der Waals surface area contributed by atoms with Crippen LogP contribution in [0, 0.1) is 0 Å². The van der Waals surface area contributed by atoms with Crippen LogP contribution < -0.4 is 11.1 Å². The molecule has 2 amide bonds. The highest BCUT2D eigenvalue weighted by Crippen LogP contribution is 2.31. The van der Waals surface area contributed by atoms with Crippen molar-refractivity contribution in [3.05, 3.63) is 29.3 Å². The van der Waals surface area contributed by atoms with Crippen LogP contribution in [-0.4, -0.2) is 41.6 Å². The minimum atomic E-state index is -4.59. The topological polar surface area (TPSA) is 84.7 Å². The zero-order valence-corrected chi connectivity index (χ0v) is 15.5. The summed E-state index contributed by atoms with van der Waals surface area (Å²) in [6, 6.07) is 2.48. The van der Waals surface area contributed by atoms with E-state index in [1.807, 2.05) is 0 Å². The summed E-state index contributed by atoms with van der Waals surface area (Å²) in [5, 5.41) is 2.70. The smallest absolute Gasteiger partial charge is 0.416 e. The van der Waals surface area contributed by atoms with Gasteiger partial charge in [0.25, 0.3) is 5.91 Å². The Morgan fingerprint density at radius 2 is 1.89 bits per heavy atom. The van der Waals surface area contributed by atoms with Crippen molar-refractivity contribution in [1.29, 1.82) is 0 Å². The first-order valence-corrected chi connectivity index (χ1v) is 8.62. The fourth-order valence-corrected chi connectivity index (χ4v) is 2.88. The number of anilines is 1. The van der Waals surface area contributed by atoms with Crippen LogP contribution in [0.1, 0.15) is 49.5 Å². The number of alkyl carbamates (subject to hydrolysis) is 1. The highest BCUT2D eigenvalue weighted by molar-refractivity contribution is 5.95. The first kappa shape index (κ1) is 20.9. The number of amides is 2. The van der Waals surface area contributed by atoms with Gasteiger partial charge in [0, 0.05) is 30.4 Å². The SMILES string of the molecule is CC(C)(C)OC(=O)N[C@@H]1CCCN(C(=O)c2cc(N)cc(C(F)(F)F)c2)C1. The Kier molecular flexibility index (Phi) is 5.91. The molecule has 0 radical (unpaired) electrons. The number of likely N-dealkylation sites (tertiary alicyclic amines) is 1. The van der Waals surface area contributed by atoms with Crippen LogP contribution in [0.3, 0.4) is 0 Å². The number of hydrogen-bond acceptors (Lipinski definition) is 4. The number of ether oxygens (including phenoxy) is 1. The van der Waals surface area contributed by atoms with E-state index in [-0.39, 0.29) is 23.8 Å². The third kappa shape index (κ3) is 6.04. The number of carbonyl (C=O) groups is 2. The van der Waals surface area contributed by atoms with Crippen molar-refractivity contribution >= 4 is 17.7 Å². The molecule has 1 aromatic carbocycles. The molecule has 0 bridgehead atoms. The van der Waals surface area contributed by atoms with E-state index in [0.29, 0.717) is 19.4 Å². The average Bonchev–Trinajstić information content (AvgIpc) is 2.51. The number of carbonyl (C=O) groups excluding carboxylic acids is 2. The molecule has 6 nitrogen and oxygen atoms in total. The van der Waals surface area contributed by atoms with Crippen molar-refractivity contribution in [2.75, 3.05) is 18.8 Å². The van der Waals surface area contributed by atoms with E-state index in [1.165, 1.54) is 11.0 Å². The Labute approximate surface area is 155 Å². The summed E-state index contributed by atoms with van der Waals surface area (Å²) in [4.78, 5) is 26.0. The molecule has 0 spiro atoms. The summed E-state index contributed by atoms with van der Waals surface area (Å²) in [5.74, 6) is -0.552. The van der Waals surface area contributed by atoms with Crippen molar-refractivity contribution < 1.29 is 27.5 Å². The van der Waals surface area contributed by atoms with Crippen LogP contribution in [0.2, 0.25) is 0 Å². The third-order valence-corrected chi connectivity index (χ3v) is 3.96. The van der Waals surface area contributed by atoms with Crippen LogP contribution in [0.4, 0.5) is 23.7 Å². The van der Waals surface area contributed by atoms with Gasteiger partial charge in [-0.3, -0.25) is 4.79 Å². The standard InChI is InChI=1S/C18H24F3N3O3/c1-17(2,3)27-16(26)23-14-5-4-6-24(10-14)15(25)11-7-12(18(19,20)21)9-13(22)8-11/h7-9,14H,4-6,10,22H2,1-3H3,(H,23,26)/t14-/m1/s1. The van der Waals surface area contributed by atoms with Crippen molar-refractivity contribution in [3.63, 3.8) is 0 Å². The number of halogens is 3. The molecule has 1 heterocycles. The van der Waals surface area contributed by atoms with Gasteiger partial charge in [-0.25, -0.2) is 4.79 Å². The van der Waals surface area contributed by atoms with E-state index in [1.54, 1.807) is 20.8 Å². The molecular formula is C18H24F3N3O3. The maximum atomic E-state index is 13.0. The van der Waals surface area contributed by atoms with Gasteiger partial charge in [0.05, 0.1) is 5.56 Å². The molecule has 1 aromatic rings. The lowest BCUT2D eigenvalue weighted by atomic mass is 10.0. The second-order valence-corrected chi connectivity index (χ2v) is 7.58. The average molecular weight is 387 g/mol. The molecule has 1 atom stereocenters. The minimum Gasteiger partial charge on any atom is -0.444 e. The van der Waals surface area contributed by atoms with Crippen molar-refractivity contribution in [1.82, 2.24) is 10.2 Å². The van der Waals surface area contributed by atoms with Gasteiger partial charge in [0.1, 0.15) is 5.60 Å². The Bertz CT molecular complexity index is 714. The Hall–Kier alpha value is -2.45. The first-order chi connectivity index (χ1) is 12.3. The number of alkyl halides is 3. The van der Waals surface area contributed by atoms with Crippen molar-refractivity contribution in [2.45, 2.75) is 51.4 Å². The van der Waals surface area contributed by atoms with Crippen LogP contribution in [0.5, 0.6) is 0 Å². The molecule has 0 saturated carbocycles. The molecule has 3 N–H and O–H groups in total. The molecule has 1 aliphatic heterocycles. The van der Waals surface area contributed by atoms with Crippen LogP contribution in [0.25, 0.3) is 0 Å². The fourth-order valence-electron chi connectivity index (χ4n) is 2.88. The summed E-state index contributed by atoms with van der Waals surface area (Å²) in [6.45, 7) is 5.79. The van der Waals surface area contributed by atoms with Gasteiger partial charge in [0.15, 0.2) is 0 Å². The minimum absolute atomic E-state index is 0.125.